The number of nitrogens with one attached hydrogen (secondary N) is 1. The molecule has 1 heterocycles. The molecule has 1 amide bonds. The summed E-state index contributed by atoms with van der Waals surface area (Å²) in [4.78, 5) is 33.6. The predicted octanol–water partition coefficient (Wildman–Crippen LogP) is 2.01. The van der Waals surface area contributed by atoms with Crippen LogP contribution in [0.1, 0.15) is 30.6 Å². The first-order chi connectivity index (χ1) is 11.8. The topological polar surface area (TPSA) is 127 Å². The normalized spacial score (nSPS) is 12.0. The SMILES string of the molecule is CC(C)C[C@H](NC(=O)c1cnn(-c2ccc([N+](=O)[O-])cc2)c1)C(=O)O. The van der Waals surface area contributed by atoms with Crippen LogP contribution in [0, 0.1) is 16.0 Å². The average molecular weight is 346 g/mol. The number of carbonyl (C=O) groups is 2. The summed E-state index contributed by atoms with van der Waals surface area (Å²) in [7, 11) is 0. The van der Waals surface area contributed by atoms with E-state index in [1.54, 1.807) is 0 Å². The maximum atomic E-state index is 12.2. The Morgan fingerprint density at radius 3 is 2.48 bits per heavy atom. The van der Waals surface area contributed by atoms with Crippen molar-refractivity contribution in [1.29, 1.82) is 0 Å². The van der Waals surface area contributed by atoms with Gasteiger partial charge in [-0.1, -0.05) is 13.8 Å². The molecule has 1 aromatic heterocycles. The van der Waals surface area contributed by atoms with E-state index < -0.39 is 22.8 Å². The Hall–Kier alpha value is -3.23. The van der Waals surface area contributed by atoms with Crippen molar-refractivity contribution in [3.8, 4) is 5.69 Å². The second kappa shape index (κ2) is 7.56. The summed E-state index contributed by atoms with van der Waals surface area (Å²) in [6.45, 7) is 3.74. The first-order valence-corrected chi connectivity index (χ1v) is 7.61. The number of hydrogen-bond acceptors (Lipinski definition) is 5. The first kappa shape index (κ1) is 18.1. The fraction of sp³-hybridized carbons (Fsp3) is 0.312. The molecule has 0 aliphatic carbocycles. The third-order valence-corrected chi connectivity index (χ3v) is 3.48. The Balaban J connectivity index is 2.12. The molecule has 0 saturated carbocycles. The third-order valence-electron chi connectivity index (χ3n) is 3.48. The molecule has 2 N–H and O–H groups in total. The summed E-state index contributed by atoms with van der Waals surface area (Å²) >= 11 is 0. The van der Waals surface area contributed by atoms with Crippen LogP contribution >= 0.6 is 0 Å². The molecule has 0 aliphatic rings. The van der Waals surface area contributed by atoms with Gasteiger partial charge < -0.3 is 10.4 Å². The number of rotatable bonds is 7. The Morgan fingerprint density at radius 1 is 1.32 bits per heavy atom. The molecule has 0 fully saturated rings. The van der Waals surface area contributed by atoms with Crippen molar-refractivity contribution in [2.45, 2.75) is 26.3 Å². The summed E-state index contributed by atoms with van der Waals surface area (Å²) in [5.41, 5.74) is 0.696. The Bertz CT molecular complexity index is 782. The van der Waals surface area contributed by atoms with Gasteiger partial charge in [0.15, 0.2) is 0 Å². The quantitative estimate of drug-likeness (QED) is 0.583. The fourth-order valence-electron chi connectivity index (χ4n) is 2.24. The molecule has 25 heavy (non-hydrogen) atoms. The number of carboxylic acid groups (broad SMARTS) is 1. The van der Waals surface area contributed by atoms with E-state index in [9.17, 15) is 24.8 Å². The number of hydrogen-bond donors (Lipinski definition) is 2. The van der Waals surface area contributed by atoms with Gasteiger partial charge in [0.25, 0.3) is 11.6 Å². The number of aromatic nitrogens is 2. The van der Waals surface area contributed by atoms with Crippen LogP contribution in [-0.2, 0) is 4.79 Å². The van der Waals surface area contributed by atoms with Crippen molar-refractivity contribution >= 4 is 17.6 Å². The molecule has 1 atom stereocenters. The maximum Gasteiger partial charge on any atom is 0.326 e. The molecule has 9 heteroatoms. The van der Waals surface area contributed by atoms with E-state index in [-0.39, 0.29) is 17.2 Å². The zero-order valence-electron chi connectivity index (χ0n) is 13.7. The summed E-state index contributed by atoms with van der Waals surface area (Å²) in [6, 6.07) is 4.70. The lowest BCUT2D eigenvalue weighted by atomic mass is 10.0. The highest BCUT2D eigenvalue weighted by atomic mass is 16.6. The summed E-state index contributed by atoms with van der Waals surface area (Å²) in [6.07, 6.45) is 3.06. The minimum atomic E-state index is -1.09. The number of nitro groups is 1. The molecule has 0 spiro atoms. The van der Waals surface area contributed by atoms with E-state index in [1.807, 2.05) is 13.8 Å². The lowest BCUT2D eigenvalue weighted by molar-refractivity contribution is -0.384. The molecule has 0 radical (unpaired) electrons. The fourth-order valence-corrected chi connectivity index (χ4v) is 2.24. The average Bonchev–Trinajstić information content (AvgIpc) is 3.03. The van der Waals surface area contributed by atoms with E-state index in [4.69, 9.17) is 0 Å². The van der Waals surface area contributed by atoms with Gasteiger partial charge in [-0.15, -0.1) is 0 Å². The minimum absolute atomic E-state index is 0.0492. The molecular formula is C16H18N4O5. The molecular weight excluding hydrogens is 328 g/mol. The van der Waals surface area contributed by atoms with Crippen LogP contribution in [0.3, 0.4) is 0 Å². The van der Waals surface area contributed by atoms with Gasteiger partial charge in [-0.25, -0.2) is 9.48 Å². The van der Waals surface area contributed by atoms with E-state index >= 15 is 0 Å². The molecule has 0 aliphatic heterocycles. The molecule has 9 nitrogen and oxygen atoms in total. The molecule has 0 bridgehead atoms. The Kier molecular flexibility index (Phi) is 5.48. The predicted molar refractivity (Wildman–Crippen MR) is 88.6 cm³/mol. The standard InChI is InChI=1S/C16H18N4O5/c1-10(2)7-14(16(22)23)18-15(21)11-8-17-19(9-11)12-3-5-13(6-4-12)20(24)25/h3-6,8-10,14H,7H2,1-2H3,(H,18,21)(H,22,23)/t14-/m0/s1. The number of benzene rings is 1. The molecule has 2 rings (SSSR count). The Morgan fingerprint density at radius 2 is 1.96 bits per heavy atom. The van der Waals surface area contributed by atoms with E-state index in [0.717, 1.165) is 0 Å². The van der Waals surface area contributed by atoms with Gasteiger partial charge in [0.1, 0.15) is 6.04 Å². The van der Waals surface area contributed by atoms with Crippen molar-refractivity contribution in [2.24, 2.45) is 5.92 Å². The highest BCUT2D eigenvalue weighted by molar-refractivity contribution is 5.96. The third kappa shape index (κ3) is 4.63. The minimum Gasteiger partial charge on any atom is -0.480 e. The summed E-state index contributed by atoms with van der Waals surface area (Å²) < 4.78 is 1.39. The lowest BCUT2D eigenvalue weighted by Crippen LogP contribution is -2.41. The molecule has 0 unspecified atom stereocenters. The van der Waals surface area contributed by atoms with Crippen molar-refractivity contribution in [3.05, 3.63) is 52.3 Å². The summed E-state index contributed by atoms with van der Waals surface area (Å²) in [5, 5.41) is 26.3. The van der Waals surface area contributed by atoms with E-state index in [1.165, 1.54) is 41.3 Å². The van der Waals surface area contributed by atoms with Crippen molar-refractivity contribution in [3.63, 3.8) is 0 Å². The number of nitrogens with zero attached hydrogens (tertiary/aromatic N) is 3. The summed E-state index contributed by atoms with van der Waals surface area (Å²) in [5.74, 6) is -1.52. The van der Waals surface area contributed by atoms with Gasteiger partial charge in [0.2, 0.25) is 0 Å². The van der Waals surface area contributed by atoms with Crippen LogP contribution in [0.2, 0.25) is 0 Å². The lowest BCUT2D eigenvalue weighted by Gasteiger charge is -2.15. The number of carbonyl (C=O) groups excluding carboxylic acids is 1. The van der Waals surface area contributed by atoms with Crippen LogP contribution in [0.15, 0.2) is 36.7 Å². The molecule has 132 valence electrons. The van der Waals surface area contributed by atoms with Gasteiger partial charge in [0, 0.05) is 18.3 Å². The number of carboxylic acids is 1. The highest BCUT2D eigenvalue weighted by Crippen LogP contribution is 2.15. The van der Waals surface area contributed by atoms with Crippen LogP contribution in [0.4, 0.5) is 5.69 Å². The maximum absolute atomic E-state index is 12.2. The smallest absolute Gasteiger partial charge is 0.326 e. The van der Waals surface area contributed by atoms with Crippen molar-refractivity contribution < 1.29 is 19.6 Å². The number of amides is 1. The van der Waals surface area contributed by atoms with Crippen molar-refractivity contribution in [1.82, 2.24) is 15.1 Å². The van der Waals surface area contributed by atoms with Crippen LogP contribution in [0.5, 0.6) is 0 Å². The molecule has 0 saturated heterocycles. The number of non-ortho nitro benzene ring substituents is 1. The van der Waals surface area contributed by atoms with Gasteiger partial charge in [-0.3, -0.25) is 14.9 Å². The van der Waals surface area contributed by atoms with E-state index in [0.29, 0.717) is 12.1 Å². The van der Waals surface area contributed by atoms with Gasteiger partial charge in [-0.05, 0) is 24.5 Å². The zero-order chi connectivity index (χ0) is 18.6. The number of nitro benzene ring substituents is 1. The molecule has 2 aromatic rings. The van der Waals surface area contributed by atoms with Crippen LogP contribution < -0.4 is 5.32 Å². The van der Waals surface area contributed by atoms with Gasteiger partial charge in [0.05, 0.1) is 22.4 Å². The van der Waals surface area contributed by atoms with E-state index in [2.05, 4.69) is 10.4 Å². The Labute approximate surface area is 143 Å². The zero-order valence-corrected chi connectivity index (χ0v) is 13.7. The second-order valence-electron chi connectivity index (χ2n) is 5.94. The van der Waals surface area contributed by atoms with Gasteiger partial charge >= 0.3 is 5.97 Å². The monoisotopic (exact) mass is 346 g/mol. The number of aliphatic carboxylic acids is 1. The first-order valence-electron chi connectivity index (χ1n) is 7.61. The van der Waals surface area contributed by atoms with Gasteiger partial charge in [-0.2, -0.15) is 5.10 Å². The second-order valence-corrected chi connectivity index (χ2v) is 5.94. The highest BCUT2D eigenvalue weighted by Gasteiger charge is 2.22. The van der Waals surface area contributed by atoms with Crippen LogP contribution in [-0.4, -0.2) is 37.7 Å². The molecule has 1 aromatic carbocycles. The largest absolute Gasteiger partial charge is 0.480 e. The van der Waals surface area contributed by atoms with Crippen LogP contribution in [0.25, 0.3) is 5.69 Å². The van der Waals surface area contributed by atoms with Crippen molar-refractivity contribution in [2.75, 3.05) is 0 Å².